The Hall–Kier alpha value is -2.89. The molecule has 6 heteroatoms. The second-order valence-electron chi connectivity index (χ2n) is 7.00. The first-order valence-corrected chi connectivity index (χ1v) is 9.38. The molecule has 1 aliphatic heterocycles. The normalized spacial score (nSPS) is 14.8. The van der Waals surface area contributed by atoms with Crippen LogP contribution in [0, 0.1) is 16.0 Å². The Morgan fingerprint density at radius 1 is 1.19 bits per heavy atom. The van der Waals surface area contributed by atoms with Gasteiger partial charge < -0.3 is 10.2 Å². The average molecular weight is 367 g/mol. The molecule has 1 aliphatic rings. The lowest BCUT2D eigenvalue weighted by atomic mass is 9.90. The zero-order valence-electron chi connectivity index (χ0n) is 15.6. The quantitative estimate of drug-likeness (QED) is 0.615. The third kappa shape index (κ3) is 4.64. The standard InChI is InChI=1S/C21H25N3O3/c1-22-19-10-9-18(15-20(19)24(26)27)21(25)23-13-11-17(12-14-23)8-7-16-5-3-2-4-6-16/h2-6,9-10,15,17,22H,7-8,11-14H2,1H3. The maximum absolute atomic E-state index is 12.7. The highest BCUT2D eigenvalue weighted by molar-refractivity contribution is 5.95. The molecule has 1 fully saturated rings. The van der Waals surface area contributed by atoms with Gasteiger partial charge in [0.2, 0.25) is 0 Å². The van der Waals surface area contributed by atoms with Gasteiger partial charge in [-0.15, -0.1) is 0 Å². The summed E-state index contributed by atoms with van der Waals surface area (Å²) < 4.78 is 0. The first kappa shape index (κ1) is 18.9. The van der Waals surface area contributed by atoms with Gasteiger partial charge >= 0.3 is 0 Å². The van der Waals surface area contributed by atoms with Crippen LogP contribution in [0.4, 0.5) is 11.4 Å². The number of nitrogens with zero attached hydrogens (tertiary/aromatic N) is 2. The molecule has 0 unspecified atom stereocenters. The van der Waals surface area contributed by atoms with Crippen molar-refractivity contribution in [2.75, 3.05) is 25.5 Å². The van der Waals surface area contributed by atoms with Gasteiger partial charge in [0.25, 0.3) is 11.6 Å². The van der Waals surface area contributed by atoms with Crippen LogP contribution >= 0.6 is 0 Å². The van der Waals surface area contributed by atoms with Crippen LogP contribution in [0.3, 0.4) is 0 Å². The van der Waals surface area contributed by atoms with Crippen LogP contribution in [-0.4, -0.2) is 35.9 Å². The van der Waals surface area contributed by atoms with Gasteiger partial charge in [-0.05, 0) is 49.3 Å². The number of piperidine rings is 1. The Labute approximate surface area is 159 Å². The van der Waals surface area contributed by atoms with Gasteiger partial charge in [0.15, 0.2) is 0 Å². The molecule has 0 bridgehead atoms. The first-order valence-electron chi connectivity index (χ1n) is 9.38. The molecular weight excluding hydrogens is 342 g/mol. The fourth-order valence-corrected chi connectivity index (χ4v) is 3.65. The van der Waals surface area contributed by atoms with E-state index in [4.69, 9.17) is 0 Å². The Morgan fingerprint density at radius 2 is 1.89 bits per heavy atom. The molecule has 27 heavy (non-hydrogen) atoms. The van der Waals surface area contributed by atoms with Crippen molar-refractivity contribution < 1.29 is 9.72 Å². The zero-order chi connectivity index (χ0) is 19.2. The monoisotopic (exact) mass is 367 g/mol. The van der Waals surface area contributed by atoms with Crippen LogP contribution < -0.4 is 5.32 Å². The minimum Gasteiger partial charge on any atom is -0.383 e. The van der Waals surface area contributed by atoms with E-state index in [0.717, 1.165) is 25.7 Å². The van der Waals surface area contributed by atoms with E-state index in [9.17, 15) is 14.9 Å². The minimum atomic E-state index is -0.460. The molecule has 3 rings (SSSR count). The summed E-state index contributed by atoms with van der Waals surface area (Å²) in [6.45, 7) is 1.42. The number of aryl methyl sites for hydroxylation is 1. The Bertz CT molecular complexity index is 800. The summed E-state index contributed by atoms with van der Waals surface area (Å²) in [7, 11) is 1.63. The van der Waals surface area contributed by atoms with E-state index in [-0.39, 0.29) is 11.6 Å². The van der Waals surface area contributed by atoms with E-state index >= 15 is 0 Å². The molecule has 0 aromatic heterocycles. The number of rotatable bonds is 6. The van der Waals surface area contributed by atoms with Crippen LogP contribution in [0.15, 0.2) is 48.5 Å². The lowest BCUT2D eigenvalue weighted by Crippen LogP contribution is -2.38. The lowest BCUT2D eigenvalue weighted by molar-refractivity contribution is -0.384. The number of nitro groups is 1. The molecule has 1 saturated heterocycles. The number of anilines is 1. The molecule has 0 aliphatic carbocycles. The molecule has 2 aromatic carbocycles. The number of benzene rings is 2. The fraction of sp³-hybridized carbons (Fsp3) is 0.381. The third-order valence-electron chi connectivity index (χ3n) is 5.30. The van der Waals surface area contributed by atoms with Crippen LogP contribution in [0.1, 0.15) is 35.2 Å². The van der Waals surface area contributed by atoms with Crippen molar-refractivity contribution in [3.05, 3.63) is 69.8 Å². The maximum Gasteiger partial charge on any atom is 0.293 e. The van der Waals surface area contributed by atoms with Crippen molar-refractivity contribution in [1.82, 2.24) is 4.90 Å². The molecule has 6 nitrogen and oxygen atoms in total. The molecule has 1 amide bonds. The Morgan fingerprint density at radius 3 is 2.52 bits per heavy atom. The SMILES string of the molecule is CNc1ccc(C(=O)N2CCC(CCc3ccccc3)CC2)cc1[N+](=O)[O-]. The van der Waals surface area contributed by atoms with Crippen LogP contribution in [0.2, 0.25) is 0 Å². The largest absolute Gasteiger partial charge is 0.383 e. The highest BCUT2D eigenvalue weighted by atomic mass is 16.6. The number of likely N-dealkylation sites (tertiary alicyclic amines) is 1. The molecule has 0 spiro atoms. The Balaban J connectivity index is 1.57. The van der Waals surface area contributed by atoms with E-state index in [1.807, 2.05) is 11.0 Å². The predicted molar refractivity (Wildman–Crippen MR) is 106 cm³/mol. The number of nitro benzene ring substituents is 1. The number of carbonyl (C=O) groups is 1. The van der Waals surface area contributed by atoms with Gasteiger partial charge in [-0.3, -0.25) is 14.9 Å². The number of hydrogen-bond acceptors (Lipinski definition) is 4. The summed E-state index contributed by atoms with van der Waals surface area (Å²) in [6, 6.07) is 15.1. The molecule has 1 heterocycles. The van der Waals surface area contributed by atoms with Gasteiger partial charge in [-0.2, -0.15) is 0 Å². The first-order chi connectivity index (χ1) is 13.1. The zero-order valence-corrected chi connectivity index (χ0v) is 15.6. The highest BCUT2D eigenvalue weighted by Gasteiger charge is 2.25. The molecule has 0 atom stereocenters. The Kier molecular flexibility index (Phi) is 6.06. The number of carbonyl (C=O) groups excluding carboxylic acids is 1. The maximum atomic E-state index is 12.7. The predicted octanol–water partition coefficient (Wildman–Crippen LogP) is 4.12. The van der Waals surface area contributed by atoms with E-state index in [0.29, 0.717) is 30.3 Å². The number of amides is 1. The average Bonchev–Trinajstić information content (AvgIpc) is 2.72. The van der Waals surface area contributed by atoms with Crippen molar-refractivity contribution in [2.45, 2.75) is 25.7 Å². The summed E-state index contributed by atoms with van der Waals surface area (Å²) in [6.07, 6.45) is 4.16. The summed E-state index contributed by atoms with van der Waals surface area (Å²) in [5.74, 6) is 0.498. The van der Waals surface area contributed by atoms with E-state index in [2.05, 4.69) is 29.6 Å². The van der Waals surface area contributed by atoms with E-state index in [1.165, 1.54) is 11.6 Å². The van der Waals surface area contributed by atoms with Crippen LogP contribution in [0.5, 0.6) is 0 Å². The van der Waals surface area contributed by atoms with Gasteiger partial charge in [-0.1, -0.05) is 30.3 Å². The summed E-state index contributed by atoms with van der Waals surface area (Å²) in [5, 5.41) is 14.0. The lowest BCUT2D eigenvalue weighted by Gasteiger charge is -2.32. The van der Waals surface area contributed by atoms with Crippen molar-refractivity contribution in [1.29, 1.82) is 0 Å². The fourth-order valence-electron chi connectivity index (χ4n) is 3.65. The number of nitrogens with one attached hydrogen (secondary N) is 1. The van der Waals surface area contributed by atoms with Crippen molar-refractivity contribution >= 4 is 17.3 Å². The molecule has 0 saturated carbocycles. The van der Waals surface area contributed by atoms with E-state index in [1.54, 1.807) is 19.2 Å². The highest BCUT2D eigenvalue weighted by Crippen LogP contribution is 2.27. The molecule has 142 valence electrons. The van der Waals surface area contributed by atoms with Crippen molar-refractivity contribution in [2.24, 2.45) is 5.92 Å². The third-order valence-corrected chi connectivity index (χ3v) is 5.30. The summed E-state index contributed by atoms with van der Waals surface area (Å²) >= 11 is 0. The minimum absolute atomic E-state index is 0.0684. The van der Waals surface area contributed by atoms with Crippen molar-refractivity contribution in [3.8, 4) is 0 Å². The smallest absolute Gasteiger partial charge is 0.293 e. The van der Waals surface area contributed by atoms with Gasteiger partial charge in [-0.25, -0.2) is 0 Å². The second kappa shape index (κ2) is 8.66. The van der Waals surface area contributed by atoms with Gasteiger partial charge in [0.05, 0.1) is 4.92 Å². The summed E-state index contributed by atoms with van der Waals surface area (Å²) in [5.41, 5.74) is 2.08. The molecular formula is C21H25N3O3. The second-order valence-corrected chi connectivity index (χ2v) is 7.00. The molecule has 2 aromatic rings. The number of hydrogen-bond donors (Lipinski definition) is 1. The molecule has 1 N–H and O–H groups in total. The van der Waals surface area contributed by atoms with Crippen LogP contribution in [0.25, 0.3) is 0 Å². The van der Waals surface area contributed by atoms with Crippen molar-refractivity contribution in [3.63, 3.8) is 0 Å². The summed E-state index contributed by atoms with van der Waals surface area (Å²) in [4.78, 5) is 25.3. The topological polar surface area (TPSA) is 75.5 Å². The van der Waals surface area contributed by atoms with Gasteiger partial charge in [0, 0.05) is 31.8 Å². The van der Waals surface area contributed by atoms with Gasteiger partial charge in [0.1, 0.15) is 5.69 Å². The van der Waals surface area contributed by atoms with E-state index < -0.39 is 4.92 Å². The van der Waals surface area contributed by atoms with Crippen LogP contribution in [-0.2, 0) is 6.42 Å². The molecule has 0 radical (unpaired) electrons.